The molecule has 132 valence electrons. The van der Waals surface area contributed by atoms with Crippen LogP contribution >= 0.6 is 0 Å². The highest BCUT2D eigenvalue weighted by Gasteiger charge is 2.26. The fraction of sp³-hybridized carbons (Fsp3) is 0.444. The molecular weight excluding hydrogens is 323 g/mol. The van der Waals surface area contributed by atoms with Crippen LogP contribution in [0.4, 0.5) is 4.39 Å². The number of rotatable bonds is 5. The van der Waals surface area contributed by atoms with Crippen molar-refractivity contribution in [1.82, 2.24) is 20.5 Å². The minimum Gasteiger partial charge on any atom is -0.347 e. The molecule has 1 saturated carbocycles. The molecule has 0 saturated heterocycles. The van der Waals surface area contributed by atoms with Crippen molar-refractivity contribution in [2.45, 2.75) is 45.1 Å². The van der Waals surface area contributed by atoms with Gasteiger partial charge in [0, 0.05) is 11.5 Å². The lowest BCUT2D eigenvalue weighted by Gasteiger charge is -2.18. The number of carbonyl (C=O) groups is 1. The van der Waals surface area contributed by atoms with E-state index in [0.29, 0.717) is 12.0 Å². The van der Waals surface area contributed by atoms with Gasteiger partial charge in [0.1, 0.15) is 5.82 Å². The van der Waals surface area contributed by atoms with Crippen LogP contribution in [0.1, 0.15) is 50.8 Å². The summed E-state index contributed by atoms with van der Waals surface area (Å²) >= 11 is 0. The second kappa shape index (κ2) is 7.55. The van der Waals surface area contributed by atoms with E-state index in [1.807, 2.05) is 6.92 Å². The first kappa shape index (κ1) is 17.3. The van der Waals surface area contributed by atoms with Crippen LogP contribution in [0.15, 0.2) is 29.1 Å². The first-order valence-corrected chi connectivity index (χ1v) is 8.61. The molecule has 1 atom stereocenters. The molecule has 1 heterocycles. The van der Waals surface area contributed by atoms with E-state index in [4.69, 9.17) is 0 Å². The fourth-order valence-corrected chi connectivity index (χ4v) is 3.15. The van der Waals surface area contributed by atoms with Gasteiger partial charge in [0.25, 0.3) is 5.56 Å². The Bertz CT molecular complexity index is 797. The van der Waals surface area contributed by atoms with E-state index in [-0.39, 0.29) is 29.2 Å². The normalized spacial score (nSPS) is 15.9. The number of aromatic nitrogens is 3. The van der Waals surface area contributed by atoms with Crippen molar-refractivity contribution in [3.63, 3.8) is 0 Å². The van der Waals surface area contributed by atoms with Gasteiger partial charge in [-0.1, -0.05) is 19.8 Å². The summed E-state index contributed by atoms with van der Waals surface area (Å²) in [5.74, 6) is -0.0881. The second-order valence-electron chi connectivity index (χ2n) is 6.35. The van der Waals surface area contributed by atoms with Crippen LogP contribution < -0.4 is 10.9 Å². The average molecular weight is 344 g/mol. The van der Waals surface area contributed by atoms with Crippen molar-refractivity contribution in [3.05, 3.63) is 46.1 Å². The number of halogens is 1. The molecule has 1 aliphatic carbocycles. The van der Waals surface area contributed by atoms with E-state index in [1.54, 1.807) is 0 Å². The number of nitrogens with zero attached hydrogens (tertiary/aromatic N) is 2. The molecule has 2 aromatic rings. The Morgan fingerprint density at radius 2 is 1.96 bits per heavy atom. The van der Waals surface area contributed by atoms with E-state index < -0.39 is 11.6 Å². The molecule has 1 aliphatic rings. The lowest BCUT2D eigenvalue weighted by atomic mass is 10.1. The van der Waals surface area contributed by atoms with Gasteiger partial charge in [0.2, 0.25) is 5.91 Å². The molecule has 0 bridgehead atoms. The van der Waals surface area contributed by atoms with Crippen molar-refractivity contribution >= 4 is 5.91 Å². The van der Waals surface area contributed by atoms with E-state index in [9.17, 15) is 14.0 Å². The second-order valence-corrected chi connectivity index (χ2v) is 6.35. The number of hydrogen-bond donors (Lipinski definition) is 2. The molecule has 0 radical (unpaired) electrons. The summed E-state index contributed by atoms with van der Waals surface area (Å²) in [7, 11) is 0. The Morgan fingerprint density at radius 3 is 2.56 bits per heavy atom. The van der Waals surface area contributed by atoms with Gasteiger partial charge in [0.15, 0.2) is 11.5 Å². The molecule has 1 amide bonds. The van der Waals surface area contributed by atoms with Crippen molar-refractivity contribution in [1.29, 1.82) is 0 Å². The Hall–Kier alpha value is -2.57. The monoisotopic (exact) mass is 344 g/mol. The quantitative estimate of drug-likeness (QED) is 0.873. The van der Waals surface area contributed by atoms with Crippen LogP contribution in [0.25, 0.3) is 11.4 Å². The van der Waals surface area contributed by atoms with Crippen LogP contribution in [0.2, 0.25) is 0 Å². The van der Waals surface area contributed by atoms with Gasteiger partial charge in [-0.05, 0) is 43.5 Å². The van der Waals surface area contributed by atoms with Crippen LogP contribution in [0.3, 0.4) is 0 Å². The standard InChI is InChI=1S/C18H21FN4O2/c1-2-14(20-17(24)12-5-3-4-6-12)15-18(25)21-16(23-22-15)11-7-9-13(19)10-8-11/h7-10,12,14H,2-6H2,1H3,(H,20,24)(H,21,23,25). The maximum atomic E-state index is 13.0. The zero-order chi connectivity index (χ0) is 17.8. The molecule has 7 heteroatoms. The van der Waals surface area contributed by atoms with E-state index in [2.05, 4.69) is 20.5 Å². The summed E-state index contributed by atoms with van der Waals surface area (Å²) in [6.45, 7) is 1.88. The maximum absolute atomic E-state index is 13.0. The molecule has 0 aliphatic heterocycles. The fourth-order valence-electron chi connectivity index (χ4n) is 3.15. The van der Waals surface area contributed by atoms with Gasteiger partial charge in [-0.25, -0.2) is 4.39 Å². The summed E-state index contributed by atoms with van der Waals surface area (Å²) in [4.78, 5) is 27.4. The topological polar surface area (TPSA) is 87.7 Å². The predicted octanol–water partition coefficient (Wildman–Crippen LogP) is 2.73. The van der Waals surface area contributed by atoms with E-state index >= 15 is 0 Å². The van der Waals surface area contributed by atoms with E-state index in [0.717, 1.165) is 25.7 Å². The van der Waals surface area contributed by atoms with Crippen molar-refractivity contribution in [2.75, 3.05) is 0 Å². The lowest BCUT2D eigenvalue weighted by molar-refractivity contribution is -0.125. The first-order valence-electron chi connectivity index (χ1n) is 8.61. The van der Waals surface area contributed by atoms with Gasteiger partial charge >= 0.3 is 0 Å². The highest BCUT2D eigenvalue weighted by atomic mass is 19.1. The van der Waals surface area contributed by atoms with E-state index in [1.165, 1.54) is 24.3 Å². The molecule has 1 aromatic heterocycles. The Morgan fingerprint density at radius 1 is 1.28 bits per heavy atom. The third-order valence-corrected chi connectivity index (χ3v) is 4.62. The third kappa shape index (κ3) is 3.92. The maximum Gasteiger partial charge on any atom is 0.275 e. The molecule has 0 spiro atoms. The zero-order valence-electron chi connectivity index (χ0n) is 14.1. The van der Waals surface area contributed by atoms with Gasteiger partial charge in [-0.2, -0.15) is 0 Å². The molecule has 1 aromatic carbocycles. The van der Waals surface area contributed by atoms with Crippen LogP contribution in [0, 0.1) is 11.7 Å². The first-order chi connectivity index (χ1) is 12.1. The minimum absolute atomic E-state index is 0.0202. The summed E-state index contributed by atoms with van der Waals surface area (Å²) in [6.07, 6.45) is 4.48. The number of benzene rings is 1. The third-order valence-electron chi connectivity index (χ3n) is 4.62. The SMILES string of the molecule is CCC(NC(=O)C1CCCC1)c1nnc(-c2ccc(F)cc2)[nH]c1=O. The van der Waals surface area contributed by atoms with Crippen LogP contribution in [-0.2, 0) is 4.79 Å². The van der Waals surface area contributed by atoms with Crippen molar-refractivity contribution in [2.24, 2.45) is 5.92 Å². The van der Waals surface area contributed by atoms with Gasteiger partial charge < -0.3 is 10.3 Å². The van der Waals surface area contributed by atoms with Crippen LogP contribution in [0.5, 0.6) is 0 Å². The molecule has 6 nitrogen and oxygen atoms in total. The smallest absolute Gasteiger partial charge is 0.275 e. The number of H-pyrrole nitrogens is 1. The van der Waals surface area contributed by atoms with Gasteiger partial charge in [-0.3, -0.25) is 9.59 Å². The number of nitrogens with one attached hydrogen (secondary N) is 2. The lowest BCUT2D eigenvalue weighted by Crippen LogP contribution is -2.36. The Kier molecular flexibility index (Phi) is 5.21. The molecule has 25 heavy (non-hydrogen) atoms. The average Bonchev–Trinajstić information content (AvgIpc) is 3.15. The van der Waals surface area contributed by atoms with Crippen molar-refractivity contribution < 1.29 is 9.18 Å². The Balaban J connectivity index is 1.79. The number of amides is 1. The number of aromatic amines is 1. The highest BCUT2D eigenvalue weighted by molar-refractivity contribution is 5.79. The zero-order valence-corrected chi connectivity index (χ0v) is 14.1. The van der Waals surface area contributed by atoms with Crippen molar-refractivity contribution in [3.8, 4) is 11.4 Å². The summed E-state index contributed by atoms with van der Waals surface area (Å²) < 4.78 is 13.0. The number of hydrogen-bond acceptors (Lipinski definition) is 4. The van der Waals surface area contributed by atoms with Gasteiger partial charge in [-0.15, -0.1) is 10.2 Å². The summed E-state index contributed by atoms with van der Waals surface area (Å²) in [5.41, 5.74) is 0.369. The molecular formula is C18H21FN4O2. The summed E-state index contributed by atoms with van der Waals surface area (Å²) in [5, 5.41) is 11.0. The van der Waals surface area contributed by atoms with Gasteiger partial charge in [0.05, 0.1) is 6.04 Å². The predicted molar refractivity (Wildman–Crippen MR) is 91.2 cm³/mol. The molecule has 1 fully saturated rings. The molecule has 2 N–H and O–H groups in total. The molecule has 1 unspecified atom stereocenters. The molecule has 3 rings (SSSR count). The number of carbonyl (C=O) groups excluding carboxylic acids is 1. The highest BCUT2D eigenvalue weighted by Crippen LogP contribution is 2.25. The summed E-state index contributed by atoms with van der Waals surface area (Å²) in [6, 6.07) is 5.16. The minimum atomic E-state index is -0.466. The largest absolute Gasteiger partial charge is 0.347 e. The van der Waals surface area contributed by atoms with Crippen LogP contribution in [-0.4, -0.2) is 21.1 Å². The Labute approximate surface area is 144 Å².